The number of carboxylic acids is 1. The van der Waals surface area contributed by atoms with Gasteiger partial charge in [-0.15, -0.1) is 0 Å². The number of carboxylic acid groups (broad SMARTS) is 1. The Morgan fingerprint density at radius 1 is 1.40 bits per heavy atom. The van der Waals surface area contributed by atoms with E-state index in [0.29, 0.717) is 29.8 Å². The van der Waals surface area contributed by atoms with Gasteiger partial charge in [-0.3, -0.25) is 4.79 Å². The van der Waals surface area contributed by atoms with Crippen LogP contribution in [-0.4, -0.2) is 17.0 Å². The van der Waals surface area contributed by atoms with E-state index in [9.17, 15) is 9.59 Å². The van der Waals surface area contributed by atoms with E-state index in [-0.39, 0.29) is 11.5 Å². The van der Waals surface area contributed by atoms with Gasteiger partial charge < -0.3 is 16.2 Å². The van der Waals surface area contributed by atoms with Crippen LogP contribution in [0.4, 0.5) is 11.4 Å². The number of hydrogen-bond donors (Lipinski definition) is 3. The Hall–Kier alpha value is -2.04. The summed E-state index contributed by atoms with van der Waals surface area (Å²) in [4.78, 5) is 22.1. The van der Waals surface area contributed by atoms with Crippen molar-refractivity contribution in [3.05, 3.63) is 23.3 Å². The van der Waals surface area contributed by atoms with Gasteiger partial charge in [0.1, 0.15) is 0 Å². The van der Waals surface area contributed by atoms with Crippen LogP contribution in [0.15, 0.2) is 12.1 Å². The zero-order chi connectivity index (χ0) is 11.0. The Morgan fingerprint density at radius 3 is 2.80 bits per heavy atom. The molecule has 0 aliphatic carbocycles. The van der Waals surface area contributed by atoms with Crippen molar-refractivity contribution in [2.75, 3.05) is 11.1 Å². The first-order valence-corrected chi connectivity index (χ1v) is 4.53. The van der Waals surface area contributed by atoms with Crippen LogP contribution < -0.4 is 11.1 Å². The number of fused-ring (bicyclic) bond motifs is 1. The maximum atomic E-state index is 11.1. The molecule has 2 rings (SSSR count). The number of carbonyl (C=O) groups excluding carboxylic acids is 1. The molecule has 0 bridgehead atoms. The molecule has 0 unspecified atom stereocenters. The molecule has 1 amide bonds. The molecule has 0 radical (unpaired) electrons. The van der Waals surface area contributed by atoms with Crippen molar-refractivity contribution >= 4 is 23.3 Å². The van der Waals surface area contributed by atoms with Gasteiger partial charge in [-0.05, 0) is 24.1 Å². The average molecular weight is 206 g/mol. The minimum absolute atomic E-state index is 0.107. The van der Waals surface area contributed by atoms with Crippen LogP contribution in [0.25, 0.3) is 0 Å². The highest BCUT2D eigenvalue weighted by molar-refractivity contribution is 5.99. The molecule has 5 heteroatoms. The summed E-state index contributed by atoms with van der Waals surface area (Å²) in [6.07, 6.45) is 0.764. The number of benzene rings is 1. The molecule has 0 saturated carbocycles. The largest absolute Gasteiger partial charge is 0.478 e. The summed E-state index contributed by atoms with van der Waals surface area (Å²) in [7, 11) is 0. The van der Waals surface area contributed by atoms with E-state index < -0.39 is 5.97 Å². The molecule has 1 aliphatic rings. The van der Waals surface area contributed by atoms with Crippen LogP contribution in [0, 0.1) is 0 Å². The topological polar surface area (TPSA) is 92.4 Å². The van der Waals surface area contributed by atoms with E-state index in [0.717, 1.165) is 0 Å². The molecule has 1 aliphatic heterocycles. The summed E-state index contributed by atoms with van der Waals surface area (Å²) in [6, 6.07) is 3.00. The molecule has 0 atom stereocenters. The number of nitrogens with two attached hydrogens (primary N) is 1. The Kier molecular flexibility index (Phi) is 2.07. The predicted octanol–water partition coefficient (Wildman–Crippen LogP) is 0.852. The molecule has 4 N–H and O–H groups in total. The Balaban J connectivity index is 2.58. The first kappa shape index (κ1) is 9.51. The molecular weight excluding hydrogens is 196 g/mol. The zero-order valence-electron chi connectivity index (χ0n) is 7.91. The average Bonchev–Trinajstić information content (AvgIpc) is 2.15. The predicted molar refractivity (Wildman–Crippen MR) is 54.8 cm³/mol. The van der Waals surface area contributed by atoms with E-state index >= 15 is 0 Å². The molecule has 0 fully saturated rings. The van der Waals surface area contributed by atoms with Crippen molar-refractivity contribution in [3.63, 3.8) is 0 Å². The van der Waals surface area contributed by atoms with Crippen molar-refractivity contribution < 1.29 is 14.7 Å². The lowest BCUT2D eigenvalue weighted by Crippen LogP contribution is -2.21. The van der Waals surface area contributed by atoms with E-state index in [1.54, 1.807) is 6.07 Å². The summed E-state index contributed by atoms with van der Waals surface area (Å²) in [5.41, 5.74) is 7.23. The molecule has 1 heterocycles. The van der Waals surface area contributed by atoms with Crippen molar-refractivity contribution in [2.45, 2.75) is 12.8 Å². The molecule has 1 aromatic carbocycles. The highest BCUT2D eigenvalue weighted by Crippen LogP contribution is 2.28. The van der Waals surface area contributed by atoms with Gasteiger partial charge in [0.15, 0.2) is 0 Å². The number of hydrogen-bond acceptors (Lipinski definition) is 3. The van der Waals surface area contributed by atoms with Gasteiger partial charge in [-0.25, -0.2) is 4.79 Å². The second-order valence-electron chi connectivity index (χ2n) is 3.45. The van der Waals surface area contributed by atoms with Gasteiger partial charge in [-0.1, -0.05) is 0 Å². The quantitative estimate of drug-likeness (QED) is 0.594. The fourth-order valence-electron chi connectivity index (χ4n) is 1.72. The Morgan fingerprint density at radius 2 is 2.13 bits per heavy atom. The number of nitrogen functional groups attached to an aromatic ring is 1. The molecule has 5 nitrogen and oxygen atoms in total. The van der Waals surface area contributed by atoms with Gasteiger partial charge in [-0.2, -0.15) is 0 Å². The van der Waals surface area contributed by atoms with Crippen molar-refractivity contribution in [2.24, 2.45) is 0 Å². The van der Waals surface area contributed by atoms with Gasteiger partial charge in [0, 0.05) is 17.8 Å². The second kappa shape index (κ2) is 3.27. The van der Waals surface area contributed by atoms with E-state index in [2.05, 4.69) is 5.32 Å². The minimum Gasteiger partial charge on any atom is -0.478 e. The minimum atomic E-state index is -1.02. The molecule has 0 saturated heterocycles. The lowest BCUT2D eigenvalue weighted by atomic mass is 9.96. The van der Waals surface area contributed by atoms with Crippen LogP contribution in [0.1, 0.15) is 22.3 Å². The molecule has 0 aromatic heterocycles. The van der Waals surface area contributed by atoms with Crippen LogP contribution in [0.5, 0.6) is 0 Å². The SMILES string of the molecule is Nc1cc2c(c(C(=O)O)c1)CCC(=O)N2. The van der Waals surface area contributed by atoms with Crippen LogP contribution in [-0.2, 0) is 11.2 Å². The van der Waals surface area contributed by atoms with E-state index in [1.807, 2.05) is 0 Å². The number of anilines is 2. The Bertz CT molecular complexity index is 454. The Labute approximate surface area is 85.9 Å². The van der Waals surface area contributed by atoms with Crippen molar-refractivity contribution in [1.82, 2.24) is 0 Å². The maximum Gasteiger partial charge on any atom is 0.336 e. The molecule has 1 aromatic rings. The third-order valence-corrected chi connectivity index (χ3v) is 2.38. The maximum absolute atomic E-state index is 11.1. The van der Waals surface area contributed by atoms with Crippen LogP contribution in [0.2, 0.25) is 0 Å². The first-order chi connectivity index (χ1) is 7.08. The van der Waals surface area contributed by atoms with Gasteiger partial charge in [0.2, 0.25) is 5.91 Å². The standard InChI is InChI=1S/C10H10N2O3/c11-5-3-7(10(14)15)6-1-2-9(13)12-8(6)4-5/h3-4H,1-2,11H2,(H,12,13)(H,14,15). The number of carbonyl (C=O) groups is 2. The third kappa shape index (κ3) is 1.63. The normalized spacial score (nSPS) is 14.3. The monoisotopic (exact) mass is 206 g/mol. The van der Waals surface area contributed by atoms with Gasteiger partial charge in [0.05, 0.1) is 5.56 Å². The fraction of sp³-hybridized carbons (Fsp3) is 0.200. The van der Waals surface area contributed by atoms with Crippen molar-refractivity contribution in [1.29, 1.82) is 0 Å². The van der Waals surface area contributed by atoms with Crippen LogP contribution in [0.3, 0.4) is 0 Å². The van der Waals surface area contributed by atoms with Crippen LogP contribution >= 0.6 is 0 Å². The number of aromatic carboxylic acids is 1. The highest BCUT2D eigenvalue weighted by Gasteiger charge is 2.21. The number of nitrogens with one attached hydrogen (secondary N) is 1. The van der Waals surface area contributed by atoms with Crippen molar-refractivity contribution in [3.8, 4) is 0 Å². The summed E-state index contributed by atoms with van der Waals surface area (Å²) in [5, 5.41) is 11.6. The lowest BCUT2D eigenvalue weighted by molar-refractivity contribution is -0.116. The first-order valence-electron chi connectivity index (χ1n) is 4.53. The molecular formula is C10H10N2O3. The fourth-order valence-corrected chi connectivity index (χ4v) is 1.72. The zero-order valence-corrected chi connectivity index (χ0v) is 7.91. The third-order valence-electron chi connectivity index (χ3n) is 2.38. The van der Waals surface area contributed by atoms with E-state index in [4.69, 9.17) is 10.8 Å². The summed E-state index contributed by atoms with van der Waals surface area (Å²) in [5.74, 6) is -1.13. The highest BCUT2D eigenvalue weighted by atomic mass is 16.4. The van der Waals surface area contributed by atoms with Gasteiger partial charge >= 0.3 is 5.97 Å². The molecule has 15 heavy (non-hydrogen) atoms. The van der Waals surface area contributed by atoms with E-state index in [1.165, 1.54) is 6.07 Å². The summed E-state index contributed by atoms with van der Waals surface area (Å²) >= 11 is 0. The summed E-state index contributed by atoms with van der Waals surface area (Å²) < 4.78 is 0. The lowest BCUT2D eigenvalue weighted by Gasteiger charge is -2.19. The smallest absolute Gasteiger partial charge is 0.336 e. The number of amides is 1. The number of rotatable bonds is 1. The van der Waals surface area contributed by atoms with Gasteiger partial charge in [0.25, 0.3) is 0 Å². The molecule has 0 spiro atoms. The molecule has 78 valence electrons. The second-order valence-corrected chi connectivity index (χ2v) is 3.45. The summed E-state index contributed by atoms with van der Waals surface area (Å²) in [6.45, 7) is 0.